The molecule has 3 N–H and O–H groups in total. The van der Waals surface area contributed by atoms with E-state index in [4.69, 9.17) is 4.74 Å². The molecule has 2 aromatic carbocycles. The molecule has 0 bridgehead atoms. The lowest BCUT2D eigenvalue weighted by molar-refractivity contribution is 0.0624. The molecule has 0 aliphatic rings. The van der Waals surface area contributed by atoms with Gasteiger partial charge >= 0.3 is 6.03 Å². The number of methoxy groups -OCH3 is 1. The Labute approximate surface area is 142 Å². The van der Waals surface area contributed by atoms with Crippen LogP contribution in [-0.2, 0) is 13.0 Å². The molecule has 0 saturated heterocycles. The Kier molecular flexibility index (Phi) is 6.21. The predicted molar refractivity (Wildman–Crippen MR) is 94.0 cm³/mol. The fourth-order valence-electron chi connectivity index (χ4n) is 2.36. The zero-order valence-electron chi connectivity index (χ0n) is 14.1. The van der Waals surface area contributed by atoms with Crippen LogP contribution in [0, 0.1) is 0 Å². The van der Waals surface area contributed by atoms with Gasteiger partial charge in [0.25, 0.3) is 0 Å². The van der Waals surface area contributed by atoms with Crippen LogP contribution in [0.1, 0.15) is 18.1 Å². The first-order chi connectivity index (χ1) is 11.5. The van der Waals surface area contributed by atoms with E-state index in [2.05, 4.69) is 10.6 Å². The van der Waals surface area contributed by atoms with Gasteiger partial charge in [0.05, 0.1) is 12.7 Å². The van der Waals surface area contributed by atoms with E-state index in [0.29, 0.717) is 13.0 Å². The van der Waals surface area contributed by atoms with Crippen LogP contribution < -0.4 is 15.4 Å². The maximum atomic E-state index is 11.8. The molecule has 0 radical (unpaired) electrons. The van der Waals surface area contributed by atoms with E-state index in [1.165, 1.54) is 0 Å². The zero-order valence-corrected chi connectivity index (χ0v) is 14.1. The summed E-state index contributed by atoms with van der Waals surface area (Å²) < 4.78 is 5.11. The lowest BCUT2D eigenvalue weighted by atomic mass is 9.96. The molecule has 0 aliphatic carbocycles. The number of urea groups is 1. The Bertz CT molecular complexity index is 639. The molecule has 128 valence electrons. The van der Waals surface area contributed by atoms with Crippen molar-refractivity contribution in [1.29, 1.82) is 0 Å². The van der Waals surface area contributed by atoms with Crippen molar-refractivity contribution in [2.45, 2.75) is 25.5 Å². The summed E-state index contributed by atoms with van der Waals surface area (Å²) in [5.41, 5.74) is 0.975. The molecule has 2 amide bonds. The quantitative estimate of drug-likeness (QED) is 0.731. The number of amides is 2. The summed E-state index contributed by atoms with van der Waals surface area (Å²) in [7, 11) is 1.61. The number of carbonyl (C=O) groups is 1. The first kappa shape index (κ1) is 17.8. The Hall–Kier alpha value is -2.53. The number of benzene rings is 2. The van der Waals surface area contributed by atoms with E-state index >= 15 is 0 Å². The van der Waals surface area contributed by atoms with Crippen molar-refractivity contribution >= 4 is 6.03 Å². The highest BCUT2D eigenvalue weighted by Crippen LogP contribution is 2.16. The minimum atomic E-state index is -1.03. The third-order valence-corrected chi connectivity index (χ3v) is 3.67. The van der Waals surface area contributed by atoms with Crippen LogP contribution in [0.4, 0.5) is 4.79 Å². The SMILES string of the molecule is COc1ccc(CC(C)(O)CNC(=O)NCc2ccccc2)cc1. The van der Waals surface area contributed by atoms with Crippen molar-refractivity contribution < 1.29 is 14.6 Å². The second-order valence-electron chi connectivity index (χ2n) is 6.04. The van der Waals surface area contributed by atoms with Gasteiger partial charge in [0, 0.05) is 19.5 Å². The van der Waals surface area contributed by atoms with Gasteiger partial charge in [0.15, 0.2) is 0 Å². The number of ether oxygens (including phenoxy) is 1. The van der Waals surface area contributed by atoms with Crippen molar-refractivity contribution in [1.82, 2.24) is 10.6 Å². The first-order valence-corrected chi connectivity index (χ1v) is 7.89. The van der Waals surface area contributed by atoms with E-state index in [0.717, 1.165) is 16.9 Å². The van der Waals surface area contributed by atoms with Gasteiger partial charge in [0.2, 0.25) is 0 Å². The largest absolute Gasteiger partial charge is 0.497 e. The van der Waals surface area contributed by atoms with Gasteiger partial charge in [-0.05, 0) is 30.2 Å². The molecule has 2 aromatic rings. The molecular weight excluding hydrogens is 304 g/mol. The van der Waals surface area contributed by atoms with Gasteiger partial charge in [-0.1, -0.05) is 42.5 Å². The van der Waals surface area contributed by atoms with Crippen LogP contribution in [0.5, 0.6) is 5.75 Å². The average molecular weight is 328 g/mol. The number of rotatable bonds is 7. The van der Waals surface area contributed by atoms with Crippen LogP contribution in [0.2, 0.25) is 0 Å². The summed E-state index contributed by atoms with van der Waals surface area (Å²) in [6.45, 7) is 2.32. The zero-order chi connectivity index (χ0) is 17.4. The highest BCUT2D eigenvalue weighted by atomic mass is 16.5. The third-order valence-electron chi connectivity index (χ3n) is 3.67. The highest BCUT2D eigenvalue weighted by Gasteiger charge is 2.21. The summed E-state index contributed by atoms with van der Waals surface area (Å²) >= 11 is 0. The molecule has 0 aromatic heterocycles. The van der Waals surface area contributed by atoms with Crippen molar-refractivity contribution in [2.24, 2.45) is 0 Å². The molecular formula is C19H24N2O3. The molecule has 5 heteroatoms. The number of carbonyl (C=O) groups excluding carboxylic acids is 1. The Morgan fingerprint density at radius 1 is 1.04 bits per heavy atom. The lowest BCUT2D eigenvalue weighted by Gasteiger charge is -2.24. The standard InChI is InChI=1S/C19H24N2O3/c1-19(23,12-15-8-10-17(24-2)11-9-15)14-21-18(22)20-13-16-6-4-3-5-7-16/h3-11,23H,12-14H2,1-2H3,(H2,20,21,22). The van der Waals surface area contributed by atoms with E-state index in [9.17, 15) is 9.90 Å². The van der Waals surface area contributed by atoms with Crippen molar-refractivity contribution in [3.05, 3.63) is 65.7 Å². The number of hydrogen-bond acceptors (Lipinski definition) is 3. The molecule has 0 aliphatic heterocycles. The van der Waals surface area contributed by atoms with E-state index in [1.807, 2.05) is 54.6 Å². The lowest BCUT2D eigenvalue weighted by Crippen LogP contribution is -2.45. The molecule has 0 saturated carbocycles. The van der Waals surface area contributed by atoms with Crippen LogP contribution in [0.15, 0.2) is 54.6 Å². The Morgan fingerprint density at radius 3 is 2.33 bits per heavy atom. The Balaban J connectivity index is 1.77. The molecule has 1 unspecified atom stereocenters. The molecule has 1 atom stereocenters. The van der Waals surface area contributed by atoms with E-state index in [-0.39, 0.29) is 12.6 Å². The first-order valence-electron chi connectivity index (χ1n) is 7.89. The second-order valence-corrected chi connectivity index (χ2v) is 6.04. The summed E-state index contributed by atoms with van der Waals surface area (Å²) in [4.78, 5) is 11.8. The van der Waals surface area contributed by atoms with E-state index in [1.54, 1.807) is 14.0 Å². The number of hydrogen-bond donors (Lipinski definition) is 3. The normalized spacial score (nSPS) is 13.0. The van der Waals surface area contributed by atoms with Crippen LogP contribution in [0.3, 0.4) is 0 Å². The fraction of sp³-hybridized carbons (Fsp3) is 0.316. The van der Waals surface area contributed by atoms with Gasteiger partial charge in [-0.15, -0.1) is 0 Å². The van der Waals surface area contributed by atoms with Crippen molar-refractivity contribution in [3.8, 4) is 5.75 Å². The van der Waals surface area contributed by atoms with Gasteiger partial charge in [-0.25, -0.2) is 4.79 Å². The van der Waals surface area contributed by atoms with Crippen LogP contribution >= 0.6 is 0 Å². The highest BCUT2D eigenvalue weighted by molar-refractivity contribution is 5.73. The maximum Gasteiger partial charge on any atom is 0.315 e. The molecule has 0 spiro atoms. The average Bonchev–Trinajstić information content (AvgIpc) is 2.59. The minimum Gasteiger partial charge on any atom is -0.497 e. The Morgan fingerprint density at radius 2 is 1.71 bits per heavy atom. The molecule has 0 fully saturated rings. The van der Waals surface area contributed by atoms with Crippen LogP contribution in [-0.4, -0.2) is 30.4 Å². The van der Waals surface area contributed by atoms with Gasteiger partial charge in [-0.3, -0.25) is 0 Å². The summed E-state index contributed by atoms with van der Waals surface area (Å²) in [5, 5.41) is 15.9. The van der Waals surface area contributed by atoms with Gasteiger partial charge in [0.1, 0.15) is 5.75 Å². The topological polar surface area (TPSA) is 70.6 Å². The fourth-order valence-corrected chi connectivity index (χ4v) is 2.36. The monoisotopic (exact) mass is 328 g/mol. The summed E-state index contributed by atoms with van der Waals surface area (Å²) in [6.07, 6.45) is 0.440. The molecule has 24 heavy (non-hydrogen) atoms. The van der Waals surface area contributed by atoms with Gasteiger partial charge < -0.3 is 20.5 Å². The molecule has 2 rings (SSSR count). The summed E-state index contributed by atoms with van der Waals surface area (Å²) in [5.74, 6) is 0.775. The molecule has 0 heterocycles. The van der Waals surface area contributed by atoms with Crippen molar-refractivity contribution in [2.75, 3.05) is 13.7 Å². The minimum absolute atomic E-state index is 0.166. The smallest absolute Gasteiger partial charge is 0.315 e. The van der Waals surface area contributed by atoms with E-state index < -0.39 is 5.60 Å². The summed E-state index contributed by atoms with van der Waals surface area (Å²) in [6, 6.07) is 16.9. The second kappa shape index (κ2) is 8.36. The predicted octanol–water partition coefficient (Wildman–Crippen LogP) is 2.49. The van der Waals surface area contributed by atoms with Crippen molar-refractivity contribution in [3.63, 3.8) is 0 Å². The maximum absolute atomic E-state index is 11.8. The molecule has 5 nitrogen and oxygen atoms in total. The van der Waals surface area contributed by atoms with Crippen LogP contribution in [0.25, 0.3) is 0 Å². The van der Waals surface area contributed by atoms with Gasteiger partial charge in [-0.2, -0.15) is 0 Å². The number of nitrogens with one attached hydrogen (secondary N) is 2. The third kappa shape index (κ3) is 5.93. The number of aliphatic hydroxyl groups is 1.